The third kappa shape index (κ3) is 3.74. The number of ether oxygens (including phenoxy) is 2. The topological polar surface area (TPSA) is 72.9 Å². The van der Waals surface area contributed by atoms with E-state index < -0.39 is 29.2 Å². The van der Waals surface area contributed by atoms with E-state index in [1.54, 1.807) is 84.9 Å². The van der Waals surface area contributed by atoms with E-state index in [1.807, 2.05) is 4.90 Å². The lowest BCUT2D eigenvalue weighted by Crippen LogP contribution is -2.48. The van der Waals surface area contributed by atoms with Crippen molar-refractivity contribution in [3.05, 3.63) is 130 Å². The van der Waals surface area contributed by atoms with Crippen molar-refractivity contribution in [1.29, 1.82) is 0 Å². The smallest absolute Gasteiger partial charge is 0.185 e. The molecular formula is C35H25ClFNO5. The lowest BCUT2D eigenvalue weighted by Gasteiger charge is -2.37. The maximum absolute atomic E-state index is 14.8. The number of methoxy groups -OCH3 is 2. The Balaban J connectivity index is 1.58. The van der Waals surface area contributed by atoms with Crippen molar-refractivity contribution in [3.8, 4) is 11.5 Å². The molecule has 2 heterocycles. The van der Waals surface area contributed by atoms with Crippen molar-refractivity contribution in [1.82, 2.24) is 0 Å². The second-order valence-electron chi connectivity index (χ2n) is 10.9. The maximum Gasteiger partial charge on any atom is 0.185 e. The number of hydrogen-bond donors (Lipinski definition) is 0. The molecule has 3 aliphatic rings. The first-order chi connectivity index (χ1) is 20.8. The van der Waals surface area contributed by atoms with Crippen LogP contribution in [0.3, 0.4) is 0 Å². The summed E-state index contributed by atoms with van der Waals surface area (Å²) in [4.78, 5) is 46.2. The zero-order valence-electron chi connectivity index (χ0n) is 23.2. The first-order valence-corrected chi connectivity index (χ1v) is 14.2. The molecule has 0 amide bonds. The van der Waals surface area contributed by atoms with Crippen molar-refractivity contribution in [2.75, 3.05) is 19.1 Å². The SMILES string of the molecule is COc1ccc(OC)c([C@H]2[C@H](C(=O)c3ccc(Cl)cc3)N3c4ccc(F)cc4C=C[C@H]3C23C(=O)c2ccccc2C3=O)c1. The van der Waals surface area contributed by atoms with Crippen LogP contribution in [0.5, 0.6) is 11.5 Å². The number of carbonyl (C=O) groups excluding carboxylic acids is 3. The number of anilines is 1. The van der Waals surface area contributed by atoms with Gasteiger partial charge in [0.05, 0.1) is 20.3 Å². The highest BCUT2D eigenvalue weighted by molar-refractivity contribution is 6.32. The summed E-state index contributed by atoms with van der Waals surface area (Å²) < 4.78 is 25.8. The molecule has 1 saturated heterocycles. The van der Waals surface area contributed by atoms with Crippen molar-refractivity contribution >= 4 is 40.7 Å². The van der Waals surface area contributed by atoms with Gasteiger partial charge in [-0.1, -0.05) is 48.0 Å². The molecule has 8 heteroatoms. The van der Waals surface area contributed by atoms with Crippen LogP contribution in [0.4, 0.5) is 10.1 Å². The van der Waals surface area contributed by atoms with E-state index in [1.165, 1.54) is 26.4 Å². The monoisotopic (exact) mass is 593 g/mol. The molecule has 6 nitrogen and oxygen atoms in total. The van der Waals surface area contributed by atoms with Crippen LogP contribution in [-0.4, -0.2) is 43.7 Å². The Hall–Kier alpha value is -4.75. The summed E-state index contributed by atoms with van der Waals surface area (Å²) in [6.45, 7) is 0. The Kier molecular flexibility index (Phi) is 6.25. The van der Waals surface area contributed by atoms with Crippen molar-refractivity contribution < 1.29 is 28.2 Å². The number of fused-ring (bicyclic) bond motifs is 5. The van der Waals surface area contributed by atoms with Gasteiger partial charge in [0.2, 0.25) is 0 Å². The van der Waals surface area contributed by atoms with Crippen LogP contribution in [-0.2, 0) is 0 Å². The molecule has 2 aliphatic heterocycles. The van der Waals surface area contributed by atoms with Gasteiger partial charge in [-0.05, 0) is 60.7 Å². The molecule has 0 radical (unpaired) electrons. The third-order valence-corrected chi connectivity index (χ3v) is 9.19. The second-order valence-corrected chi connectivity index (χ2v) is 11.3. The van der Waals surface area contributed by atoms with Crippen LogP contribution in [0.15, 0.2) is 91.0 Å². The van der Waals surface area contributed by atoms with Crippen LogP contribution in [0, 0.1) is 11.2 Å². The van der Waals surface area contributed by atoms with Crippen LogP contribution in [0.25, 0.3) is 6.08 Å². The van der Waals surface area contributed by atoms with Gasteiger partial charge in [-0.2, -0.15) is 0 Å². The molecule has 0 unspecified atom stereocenters. The number of rotatable bonds is 5. The number of nitrogens with zero attached hydrogens (tertiary/aromatic N) is 1. The fourth-order valence-corrected chi connectivity index (χ4v) is 7.28. The Morgan fingerprint density at radius 1 is 0.884 bits per heavy atom. The Labute approximate surface area is 252 Å². The van der Waals surface area contributed by atoms with Crippen molar-refractivity contribution in [2.24, 2.45) is 5.41 Å². The summed E-state index contributed by atoms with van der Waals surface area (Å²) in [6, 6.07) is 20.8. The van der Waals surface area contributed by atoms with E-state index in [4.69, 9.17) is 21.1 Å². The van der Waals surface area contributed by atoms with Gasteiger partial charge in [0.25, 0.3) is 0 Å². The molecule has 0 N–H and O–H groups in total. The molecule has 4 aromatic carbocycles. The molecule has 214 valence electrons. The van der Waals surface area contributed by atoms with E-state index >= 15 is 0 Å². The van der Waals surface area contributed by atoms with Crippen molar-refractivity contribution in [2.45, 2.75) is 18.0 Å². The number of benzene rings is 4. The Morgan fingerprint density at radius 3 is 2.23 bits per heavy atom. The van der Waals surface area contributed by atoms with E-state index in [0.29, 0.717) is 50.0 Å². The van der Waals surface area contributed by atoms with E-state index in [-0.39, 0.29) is 17.3 Å². The predicted octanol–water partition coefficient (Wildman–Crippen LogP) is 6.81. The summed E-state index contributed by atoms with van der Waals surface area (Å²) >= 11 is 6.17. The lowest BCUT2D eigenvalue weighted by molar-refractivity contribution is 0.0664. The molecule has 1 spiro atoms. The number of halogens is 2. The average molecular weight is 594 g/mol. The molecule has 7 rings (SSSR count). The zero-order valence-corrected chi connectivity index (χ0v) is 24.0. The summed E-state index contributed by atoms with van der Waals surface area (Å²) in [6.07, 6.45) is 3.47. The highest BCUT2D eigenvalue weighted by Gasteiger charge is 2.72. The van der Waals surface area contributed by atoms with Gasteiger partial charge in [-0.25, -0.2) is 4.39 Å². The fraction of sp³-hybridized carbons (Fsp3) is 0.171. The molecule has 3 atom stereocenters. The summed E-state index contributed by atoms with van der Waals surface area (Å²) in [5.41, 5.74) is 0.782. The highest BCUT2D eigenvalue weighted by Crippen LogP contribution is 2.62. The minimum absolute atomic E-state index is 0.303. The average Bonchev–Trinajstić information content (AvgIpc) is 3.46. The zero-order chi connectivity index (χ0) is 30.0. The van der Waals surface area contributed by atoms with Gasteiger partial charge >= 0.3 is 0 Å². The maximum atomic E-state index is 14.8. The molecule has 1 fully saturated rings. The predicted molar refractivity (Wildman–Crippen MR) is 161 cm³/mol. The molecule has 43 heavy (non-hydrogen) atoms. The first-order valence-electron chi connectivity index (χ1n) is 13.8. The van der Waals surface area contributed by atoms with Crippen LogP contribution < -0.4 is 14.4 Å². The van der Waals surface area contributed by atoms with Gasteiger partial charge < -0.3 is 14.4 Å². The molecule has 0 saturated carbocycles. The molecule has 4 aromatic rings. The fourth-order valence-electron chi connectivity index (χ4n) is 7.16. The summed E-state index contributed by atoms with van der Waals surface area (Å²) in [5, 5.41) is 0.460. The Bertz CT molecular complexity index is 1830. The van der Waals surface area contributed by atoms with E-state index in [0.717, 1.165) is 0 Å². The number of ketones is 3. The van der Waals surface area contributed by atoms with E-state index in [9.17, 15) is 18.8 Å². The van der Waals surface area contributed by atoms with Crippen molar-refractivity contribution in [3.63, 3.8) is 0 Å². The highest BCUT2D eigenvalue weighted by atomic mass is 35.5. The standard InChI is InChI=1S/C35H25ClFNO5/c1-42-23-13-15-28(43-2)26(18-23)30-31(32(39)19-7-10-21(36)11-8-19)38-27-14-12-22(37)17-20(27)9-16-29(38)35(30)33(40)24-5-3-4-6-25(24)34(35)41/h3-18,29-31H,1-2H3/t29-,30-,31+/m0/s1. The third-order valence-electron chi connectivity index (χ3n) is 8.94. The molecule has 0 bridgehead atoms. The van der Waals surface area contributed by atoms with Crippen LogP contribution in [0.2, 0.25) is 5.02 Å². The number of carbonyl (C=O) groups is 3. The van der Waals surface area contributed by atoms with Crippen LogP contribution >= 0.6 is 11.6 Å². The van der Waals surface area contributed by atoms with Gasteiger partial charge in [0.1, 0.15) is 28.8 Å². The van der Waals surface area contributed by atoms with Crippen LogP contribution in [0.1, 0.15) is 48.1 Å². The van der Waals surface area contributed by atoms with Gasteiger partial charge in [-0.15, -0.1) is 0 Å². The Morgan fingerprint density at radius 2 is 1.58 bits per heavy atom. The second kappa shape index (κ2) is 9.92. The minimum atomic E-state index is -1.74. The molecular weight excluding hydrogens is 569 g/mol. The van der Waals surface area contributed by atoms with Gasteiger partial charge in [0, 0.05) is 44.4 Å². The molecule has 0 aromatic heterocycles. The summed E-state index contributed by atoms with van der Waals surface area (Å²) in [7, 11) is 3.02. The van der Waals surface area contributed by atoms with Gasteiger partial charge in [0.15, 0.2) is 17.3 Å². The number of Topliss-reactive ketones (excluding diaryl/α,β-unsaturated/α-hetero) is 3. The normalized spacial score (nSPS) is 21.0. The minimum Gasteiger partial charge on any atom is -0.497 e. The van der Waals surface area contributed by atoms with E-state index in [2.05, 4.69) is 0 Å². The largest absolute Gasteiger partial charge is 0.497 e. The van der Waals surface area contributed by atoms with Gasteiger partial charge in [-0.3, -0.25) is 14.4 Å². The first kappa shape index (κ1) is 27.1. The lowest BCUT2D eigenvalue weighted by atomic mass is 9.64. The quantitative estimate of drug-likeness (QED) is 0.187. The molecule has 1 aliphatic carbocycles. The summed E-state index contributed by atoms with van der Waals surface area (Å²) in [5.74, 6) is -1.66. The number of hydrogen-bond acceptors (Lipinski definition) is 6.